The Morgan fingerprint density at radius 2 is 2.17 bits per heavy atom. The first-order valence-corrected chi connectivity index (χ1v) is 6.05. The van der Waals surface area contributed by atoms with E-state index in [4.69, 9.17) is 0 Å². The Kier molecular flexibility index (Phi) is 3.72. The molecule has 1 aromatic carbocycles. The van der Waals surface area contributed by atoms with Gasteiger partial charge in [-0.15, -0.1) is 0 Å². The van der Waals surface area contributed by atoms with Crippen molar-refractivity contribution in [3.63, 3.8) is 0 Å². The minimum Gasteiger partial charge on any atom is -0.322 e. The van der Waals surface area contributed by atoms with Crippen LogP contribution in [0.25, 0.3) is 0 Å². The predicted molar refractivity (Wildman–Crippen MR) is 71.0 cm³/mol. The standard InChI is InChI=1S/C13H10BrFN2O/c1-8-7-9(5-6-16-8)17-13(18)10-3-2-4-11(14)12(10)15/h2-7H,1H3,(H,16,17,18). The molecule has 0 aliphatic heterocycles. The van der Waals surface area contributed by atoms with E-state index in [2.05, 4.69) is 26.2 Å². The molecule has 0 atom stereocenters. The lowest BCUT2D eigenvalue weighted by molar-refractivity contribution is 0.102. The van der Waals surface area contributed by atoms with Crippen molar-refractivity contribution in [2.75, 3.05) is 5.32 Å². The van der Waals surface area contributed by atoms with Crippen molar-refractivity contribution in [2.45, 2.75) is 6.92 Å². The number of aryl methyl sites for hydroxylation is 1. The Morgan fingerprint density at radius 3 is 2.89 bits per heavy atom. The van der Waals surface area contributed by atoms with Crippen LogP contribution in [0, 0.1) is 12.7 Å². The average molecular weight is 309 g/mol. The van der Waals surface area contributed by atoms with Gasteiger partial charge in [0.1, 0.15) is 5.82 Å². The molecule has 0 fully saturated rings. The summed E-state index contributed by atoms with van der Waals surface area (Å²) in [4.78, 5) is 15.9. The summed E-state index contributed by atoms with van der Waals surface area (Å²) in [5.41, 5.74) is 1.37. The largest absolute Gasteiger partial charge is 0.322 e. The molecule has 18 heavy (non-hydrogen) atoms. The zero-order chi connectivity index (χ0) is 13.1. The number of nitrogens with zero attached hydrogens (tertiary/aromatic N) is 1. The van der Waals surface area contributed by atoms with Crippen LogP contribution in [0.2, 0.25) is 0 Å². The van der Waals surface area contributed by atoms with Gasteiger partial charge in [-0.3, -0.25) is 9.78 Å². The van der Waals surface area contributed by atoms with Gasteiger partial charge < -0.3 is 5.32 Å². The fraction of sp³-hybridized carbons (Fsp3) is 0.0769. The highest BCUT2D eigenvalue weighted by atomic mass is 79.9. The maximum absolute atomic E-state index is 13.7. The number of pyridine rings is 1. The highest BCUT2D eigenvalue weighted by Crippen LogP contribution is 2.19. The van der Waals surface area contributed by atoms with E-state index in [1.165, 1.54) is 6.07 Å². The van der Waals surface area contributed by atoms with Crippen LogP contribution in [0.15, 0.2) is 41.0 Å². The van der Waals surface area contributed by atoms with E-state index < -0.39 is 11.7 Å². The van der Waals surface area contributed by atoms with E-state index in [1.807, 2.05) is 6.92 Å². The first kappa shape index (κ1) is 12.7. The predicted octanol–water partition coefficient (Wildman–Crippen LogP) is 3.54. The van der Waals surface area contributed by atoms with Crippen LogP contribution in [0.3, 0.4) is 0 Å². The molecule has 0 aliphatic rings. The third-order valence-electron chi connectivity index (χ3n) is 2.35. The molecular formula is C13H10BrFN2O. The van der Waals surface area contributed by atoms with Gasteiger partial charge in [0.2, 0.25) is 0 Å². The topological polar surface area (TPSA) is 42.0 Å². The number of hydrogen-bond donors (Lipinski definition) is 1. The number of halogens is 2. The molecule has 2 aromatic rings. The van der Waals surface area contributed by atoms with Crippen LogP contribution in [0.1, 0.15) is 16.1 Å². The second kappa shape index (κ2) is 5.27. The van der Waals surface area contributed by atoms with E-state index >= 15 is 0 Å². The molecule has 1 aromatic heterocycles. The van der Waals surface area contributed by atoms with E-state index in [9.17, 15) is 9.18 Å². The molecule has 0 spiro atoms. The van der Waals surface area contributed by atoms with Gasteiger partial charge >= 0.3 is 0 Å². The normalized spacial score (nSPS) is 10.2. The number of amides is 1. The summed E-state index contributed by atoms with van der Waals surface area (Å²) in [5, 5.41) is 2.63. The van der Waals surface area contributed by atoms with Gasteiger partial charge in [0, 0.05) is 17.6 Å². The zero-order valence-electron chi connectivity index (χ0n) is 9.58. The van der Waals surface area contributed by atoms with Crippen molar-refractivity contribution in [2.24, 2.45) is 0 Å². The van der Waals surface area contributed by atoms with Crippen LogP contribution >= 0.6 is 15.9 Å². The van der Waals surface area contributed by atoms with E-state index in [0.717, 1.165) is 5.69 Å². The molecular weight excluding hydrogens is 299 g/mol. The number of anilines is 1. The van der Waals surface area contributed by atoms with Crippen molar-refractivity contribution in [3.05, 3.63) is 58.1 Å². The SMILES string of the molecule is Cc1cc(NC(=O)c2cccc(Br)c2F)ccn1. The molecule has 1 heterocycles. The third-order valence-corrected chi connectivity index (χ3v) is 2.96. The van der Waals surface area contributed by atoms with Gasteiger partial charge in [-0.1, -0.05) is 6.07 Å². The van der Waals surface area contributed by atoms with Gasteiger partial charge in [-0.25, -0.2) is 4.39 Å². The molecule has 1 N–H and O–H groups in total. The van der Waals surface area contributed by atoms with Crippen molar-refractivity contribution in [1.29, 1.82) is 0 Å². The van der Waals surface area contributed by atoms with Gasteiger partial charge in [0.25, 0.3) is 5.91 Å². The second-order valence-electron chi connectivity index (χ2n) is 3.74. The van der Waals surface area contributed by atoms with E-state index in [-0.39, 0.29) is 10.0 Å². The Morgan fingerprint density at radius 1 is 1.39 bits per heavy atom. The number of carbonyl (C=O) groups excluding carboxylic acids is 1. The lowest BCUT2D eigenvalue weighted by Crippen LogP contribution is -2.14. The first-order valence-electron chi connectivity index (χ1n) is 5.26. The monoisotopic (exact) mass is 308 g/mol. The van der Waals surface area contributed by atoms with Crippen molar-refractivity contribution in [3.8, 4) is 0 Å². The van der Waals surface area contributed by atoms with Gasteiger partial charge in [0.15, 0.2) is 0 Å². The smallest absolute Gasteiger partial charge is 0.258 e. The van der Waals surface area contributed by atoms with E-state index in [1.54, 1.807) is 30.5 Å². The Labute approximate surface area is 112 Å². The van der Waals surface area contributed by atoms with Crippen LogP contribution < -0.4 is 5.32 Å². The summed E-state index contributed by atoms with van der Waals surface area (Å²) in [6.45, 7) is 1.81. The molecule has 0 saturated heterocycles. The fourth-order valence-corrected chi connectivity index (χ4v) is 1.87. The van der Waals surface area contributed by atoms with Crippen LogP contribution in [-0.2, 0) is 0 Å². The average Bonchev–Trinajstić information content (AvgIpc) is 2.32. The molecule has 0 radical (unpaired) electrons. The van der Waals surface area contributed by atoms with Crippen LogP contribution in [-0.4, -0.2) is 10.9 Å². The van der Waals surface area contributed by atoms with Crippen LogP contribution in [0.5, 0.6) is 0 Å². The maximum Gasteiger partial charge on any atom is 0.258 e. The lowest BCUT2D eigenvalue weighted by atomic mass is 10.2. The van der Waals surface area contributed by atoms with Crippen molar-refractivity contribution in [1.82, 2.24) is 4.98 Å². The second-order valence-corrected chi connectivity index (χ2v) is 4.60. The molecule has 1 amide bonds. The summed E-state index contributed by atoms with van der Waals surface area (Å²) in [7, 11) is 0. The molecule has 5 heteroatoms. The zero-order valence-corrected chi connectivity index (χ0v) is 11.2. The minimum atomic E-state index is -0.569. The highest BCUT2D eigenvalue weighted by Gasteiger charge is 2.13. The number of nitrogens with one attached hydrogen (secondary N) is 1. The molecule has 3 nitrogen and oxygen atoms in total. The summed E-state index contributed by atoms with van der Waals surface area (Å²) < 4.78 is 14.0. The summed E-state index contributed by atoms with van der Waals surface area (Å²) in [6, 6.07) is 7.96. The fourth-order valence-electron chi connectivity index (χ4n) is 1.50. The Bertz CT molecular complexity index is 601. The van der Waals surface area contributed by atoms with Gasteiger partial charge in [-0.05, 0) is 47.1 Å². The van der Waals surface area contributed by atoms with Crippen molar-refractivity contribution >= 4 is 27.5 Å². The van der Waals surface area contributed by atoms with Crippen molar-refractivity contribution < 1.29 is 9.18 Å². The molecule has 0 unspecified atom stereocenters. The van der Waals surface area contributed by atoms with E-state index in [0.29, 0.717) is 5.69 Å². The Balaban J connectivity index is 2.25. The third kappa shape index (κ3) is 2.73. The van der Waals surface area contributed by atoms with Crippen LogP contribution in [0.4, 0.5) is 10.1 Å². The quantitative estimate of drug-likeness (QED) is 0.922. The molecule has 0 aliphatic carbocycles. The summed E-state index contributed by atoms with van der Waals surface area (Å²) in [5.74, 6) is -1.06. The van der Waals surface area contributed by atoms with Gasteiger partial charge in [-0.2, -0.15) is 0 Å². The molecule has 2 rings (SSSR count). The number of hydrogen-bond acceptors (Lipinski definition) is 2. The number of aromatic nitrogens is 1. The molecule has 0 saturated carbocycles. The Hall–Kier alpha value is -1.75. The molecule has 92 valence electrons. The highest BCUT2D eigenvalue weighted by molar-refractivity contribution is 9.10. The number of benzene rings is 1. The summed E-state index contributed by atoms with van der Waals surface area (Å²) in [6.07, 6.45) is 1.59. The number of rotatable bonds is 2. The minimum absolute atomic E-state index is 0.00107. The number of carbonyl (C=O) groups is 1. The molecule has 0 bridgehead atoms. The lowest BCUT2D eigenvalue weighted by Gasteiger charge is -2.07. The first-order chi connectivity index (χ1) is 8.58. The maximum atomic E-state index is 13.7. The summed E-state index contributed by atoms with van der Waals surface area (Å²) >= 11 is 3.05. The van der Waals surface area contributed by atoms with Gasteiger partial charge in [0.05, 0.1) is 10.0 Å².